The maximum atomic E-state index is 6.14. The lowest BCUT2D eigenvalue weighted by Gasteiger charge is -2.07. The van der Waals surface area contributed by atoms with Crippen molar-refractivity contribution in [3.63, 3.8) is 0 Å². The molecule has 0 amide bonds. The molecule has 0 saturated carbocycles. The number of hydrogen-bond acceptors (Lipinski definition) is 2. The molecule has 1 N–H and O–H groups in total. The summed E-state index contributed by atoms with van der Waals surface area (Å²) in [5, 5.41) is 4.64. The number of aromatic nitrogens is 2. The summed E-state index contributed by atoms with van der Waals surface area (Å²) >= 11 is 15.5. The minimum Gasteiger partial charge on any atom is -0.378 e. The molecule has 0 aliphatic rings. The molecule has 0 aliphatic heterocycles. The fraction of sp³-hybridized carbons (Fsp3) is 0.0714. The van der Waals surface area contributed by atoms with Crippen molar-refractivity contribution in [1.82, 2.24) is 9.38 Å². The Morgan fingerprint density at radius 3 is 2.85 bits per heavy atom. The van der Waals surface area contributed by atoms with Gasteiger partial charge in [-0.05, 0) is 30.3 Å². The summed E-state index contributed by atoms with van der Waals surface area (Å²) in [5.74, 6) is 0. The number of nitrogens with one attached hydrogen (secondary N) is 1. The highest BCUT2D eigenvalue weighted by molar-refractivity contribution is 9.10. The first-order chi connectivity index (χ1) is 9.61. The number of benzene rings is 1. The van der Waals surface area contributed by atoms with E-state index in [2.05, 4.69) is 26.2 Å². The van der Waals surface area contributed by atoms with E-state index < -0.39 is 0 Å². The van der Waals surface area contributed by atoms with Crippen molar-refractivity contribution < 1.29 is 0 Å². The van der Waals surface area contributed by atoms with Crippen LogP contribution >= 0.6 is 39.1 Å². The van der Waals surface area contributed by atoms with Crippen LogP contribution in [-0.2, 0) is 6.54 Å². The van der Waals surface area contributed by atoms with Crippen molar-refractivity contribution in [3.05, 3.63) is 62.9 Å². The molecule has 0 bridgehead atoms. The van der Waals surface area contributed by atoms with Crippen LogP contribution in [-0.4, -0.2) is 9.38 Å². The van der Waals surface area contributed by atoms with Gasteiger partial charge in [-0.15, -0.1) is 0 Å². The van der Waals surface area contributed by atoms with Crippen molar-refractivity contribution in [2.75, 3.05) is 5.32 Å². The van der Waals surface area contributed by atoms with Crippen LogP contribution in [0.4, 0.5) is 5.69 Å². The second kappa shape index (κ2) is 5.64. The Morgan fingerprint density at radius 1 is 1.15 bits per heavy atom. The van der Waals surface area contributed by atoms with Crippen molar-refractivity contribution >= 4 is 50.5 Å². The maximum absolute atomic E-state index is 6.14. The molecule has 3 aromatic rings. The zero-order chi connectivity index (χ0) is 14.1. The number of pyridine rings is 1. The minimum atomic E-state index is 0.593. The third kappa shape index (κ3) is 2.92. The lowest BCUT2D eigenvalue weighted by Crippen LogP contribution is -2.00. The van der Waals surface area contributed by atoms with E-state index in [9.17, 15) is 0 Å². The zero-order valence-corrected chi connectivity index (χ0v) is 13.4. The Bertz CT molecular complexity index is 770. The number of rotatable bonds is 3. The van der Waals surface area contributed by atoms with E-state index in [1.807, 2.05) is 47.1 Å². The first-order valence-corrected chi connectivity index (χ1v) is 7.49. The van der Waals surface area contributed by atoms with Gasteiger partial charge < -0.3 is 9.72 Å². The van der Waals surface area contributed by atoms with Crippen molar-refractivity contribution in [2.24, 2.45) is 0 Å². The smallest absolute Gasteiger partial charge is 0.137 e. The van der Waals surface area contributed by atoms with E-state index in [1.165, 1.54) is 0 Å². The molecular formula is C14H10BrCl2N3. The summed E-state index contributed by atoms with van der Waals surface area (Å²) in [6.07, 6.45) is 3.78. The van der Waals surface area contributed by atoms with Crippen LogP contribution in [0.3, 0.4) is 0 Å². The van der Waals surface area contributed by atoms with E-state index in [1.54, 1.807) is 0 Å². The molecule has 0 fully saturated rings. The Morgan fingerprint density at radius 2 is 2.00 bits per heavy atom. The number of hydrogen-bond donors (Lipinski definition) is 1. The monoisotopic (exact) mass is 369 g/mol. The fourth-order valence-corrected chi connectivity index (χ4v) is 2.63. The molecule has 0 radical (unpaired) electrons. The van der Waals surface area contributed by atoms with Crippen LogP contribution in [0.5, 0.6) is 0 Å². The third-order valence-corrected chi connectivity index (χ3v) is 3.90. The van der Waals surface area contributed by atoms with E-state index in [-0.39, 0.29) is 0 Å². The van der Waals surface area contributed by atoms with Gasteiger partial charge in [0.25, 0.3) is 0 Å². The van der Waals surface area contributed by atoms with Crippen LogP contribution in [0.25, 0.3) is 5.65 Å². The molecule has 0 spiro atoms. The molecular weight excluding hydrogens is 361 g/mol. The van der Waals surface area contributed by atoms with Crippen molar-refractivity contribution in [3.8, 4) is 0 Å². The number of halogens is 3. The number of anilines is 1. The summed E-state index contributed by atoms with van der Waals surface area (Å²) in [5.41, 5.74) is 2.66. The number of nitrogens with zero attached hydrogens (tertiary/aromatic N) is 2. The summed E-state index contributed by atoms with van der Waals surface area (Å²) in [6, 6.07) is 9.40. The van der Waals surface area contributed by atoms with Crippen LogP contribution in [0.15, 0.2) is 47.2 Å². The van der Waals surface area contributed by atoms with Crippen molar-refractivity contribution in [2.45, 2.75) is 6.54 Å². The largest absolute Gasteiger partial charge is 0.378 e. The minimum absolute atomic E-state index is 0.593. The lowest BCUT2D eigenvalue weighted by molar-refractivity contribution is 1.08. The summed E-state index contributed by atoms with van der Waals surface area (Å²) in [6.45, 7) is 0.593. The van der Waals surface area contributed by atoms with E-state index in [4.69, 9.17) is 23.2 Å². The molecule has 6 heteroatoms. The van der Waals surface area contributed by atoms with Crippen LogP contribution in [0.1, 0.15) is 5.69 Å². The second-order valence-corrected chi connectivity index (χ2v) is 6.08. The predicted octanol–water partition coefficient (Wildman–Crippen LogP) is 5.02. The van der Waals surface area contributed by atoms with Gasteiger partial charge in [0.15, 0.2) is 0 Å². The van der Waals surface area contributed by atoms with Gasteiger partial charge in [0.2, 0.25) is 0 Å². The Labute approximate surface area is 134 Å². The van der Waals surface area contributed by atoms with E-state index >= 15 is 0 Å². The second-order valence-electron chi connectivity index (χ2n) is 4.32. The van der Waals surface area contributed by atoms with Gasteiger partial charge in [0.05, 0.1) is 28.0 Å². The molecule has 3 nitrogen and oxygen atoms in total. The molecule has 0 unspecified atom stereocenters. The highest BCUT2D eigenvalue weighted by Crippen LogP contribution is 2.26. The molecule has 0 atom stereocenters. The highest BCUT2D eigenvalue weighted by atomic mass is 79.9. The van der Waals surface area contributed by atoms with E-state index in [0.29, 0.717) is 16.6 Å². The van der Waals surface area contributed by atoms with E-state index in [0.717, 1.165) is 21.5 Å². The molecule has 1 aromatic carbocycles. The molecule has 0 aliphatic carbocycles. The predicted molar refractivity (Wildman–Crippen MR) is 86.7 cm³/mol. The van der Waals surface area contributed by atoms with Crippen molar-refractivity contribution in [1.29, 1.82) is 0 Å². The summed E-state index contributed by atoms with van der Waals surface area (Å²) < 4.78 is 2.88. The molecule has 0 saturated heterocycles. The maximum Gasteiger partial charge on any atom is 0.137 e. The molecule has 102 valence electrons. The Balaban J connectivity index is 1.81. The van der Waals surface area contributed by atoms with Gasteiger partial charge in [-0.3, -0.25) is 0 Å². The quantitative estimate of drug-likeness (QED) is 0.701. The average Bonchev–Trinajstić information content (AvgIpc) is 2.81. The zero-order valence-electron chi connectivity index (χ0n) is 10.3. The number of fused-ring (bicyclic) bond motifs is 1. The molecule has 2 aromatic heterocycles. The SMILES string of the molecule is Clc1ccc2nc(CNc3cc(Br)ccc3Cl)cn2c1. The van der Waals surface area contributed by atoms with Crippen LogP contribution in [0, 0.1) is 0 Å². The van der Waals surface area contributed by atoms with Gasteiger partial charge in [0, 0.05) is 16.9 Å². The fourth-order valence-electron chi connectivity index (χ4n) is 1.92. The average molecular weight is 371 g/mol. The summed E-state index contributed by atoms with van der Waals surface area (Å²) in [4.78, 5) is 4.51. The lowest BCUT2D eigenvalue weighted by atomic mass is 10.3. The Kier molecular flexibility index (Phi) is 3.87. The van der Waals surface area contributed by atoms with Gasteiger partial charge >= 0.3 is 0 Å². The summed E-state index contributed by atoms with van der Waals surface area (Å²) in [7, 11) is 0. The van der Waals surface area contributed by atoms with Gasteiger partial charge in [-0.1, -0.05) is 39.1 Å². The van der Waals surface area contributed by atoms with Gasteiger partial charge in [-0.25, -0.2) is 4.98 Å². The van der Waals surface area contributed by atoms with Crippen LogP contribution < -0.4 is 5.32 Å². The van der Waals surface area contributed by atoms with Crippen LogP contribution in [0.2, 0.25) is 10.0 Å². The first-order valence-electron chi connectivity index (χ1n) is 5.94. The topological polar surface area (TPSA) is 29.3 Å². The molecule has 20 heavy (non-hydrogen) atoms. The molecule has 2 heterocycles. The van der Waals surface area contributed by atoms with Gasteiger partial charge in [-0.2, -0.15) is 0 Å². The highest BCUT2D eigenvalue weighted by Gasteiger charge is 2.04. The van der Waals surface area contributed by atoms with Gasteiger partial charge in [0.1, 0.15) is 5.65 Å². The normalized spacial score (nSPS) is 10.9. The molecule has 3 rings (SSSR count). The Hall–Kier alpha value is -1.23. The first kappa shape index (κ1) is 13.7. The number of imidazole rings is 1. The standard InChI is InChI=1S/C14H10BrCl2N3/c15-9-1-3-12(17)13(5-9)18-6-11-8-20-7-10(16)2-4-14(20)19-11/h1-5,7-8,18H,6H2. The third-order valence-electron chi connectivity index (χ3n) is 2.85.